The molecule has 2 aliphatic heterocycles. The summed E-state index contributed by atoms with van der Waals surface area (Å²) in [5.74, 6) is 0.461. The van der Waals surface area contributed by atoms with E-state index in [0.29, 0.717) is 24.7 Å². The van der Waals surface area contributed by atoms with Gasteiger partial charge in [-0.1, -0.05) is 12.1 Å². The normalized spacial score (nSPS) is 17.4. The minimum absolute atomic E-state index is 0.0796. The monoisotopic (exact) mass is 482 g/mol. The molecule has 33 heavy (non-hydrogen) atoms. The Labute approximate surface area is 189 Å². The zero-order chi connectivity index (χ0) is 23.6. The second-order valence-electron chi connectivity index (χ2n) is 7.49. The third kappa shape index (κ3) is 5.14. The zero-order valence-corrected chi connectivity index (χ0v) is 18.2. The molecule has 0 radical (unpaired) electrons. The molecule has 2 aromatic carbocycles. The molecule has 0 spiro atoms. The Morgan fingerprint density at radius 3 is 2.33 bits per heavy atom. The van der Waals surface area contributed by atoms with Crippen molar-refractivity contribution in [3.8, 4) is 11.5 Å². The van der Waals surface area contributed by atoms with Gasteiger partial charge in [0.05, 0.1) is 10.5 Å². The van der Waals surface area contributed by atoms with Gasteiger partial charge < -0.3 is 14.4 Å². The van der Waals surface area contributed by atoms with E-state index in [1.807, 2.05) is 0 Å². The van der Waals surface area contributed by atoms with Crippen molar-refractivity contribution in [2.24, 2.45) is 0 Å². The second kappa shape index (κ2) is 9.06. The van der Waals surface area contributed by atoms with Gasteiger partial charge in [0.25, 0.3) is 0 Å². The molecule has 0 saturated carbocycles. The third-order valence-electron chi connectivity index (χ3n) is 5.33. The first-order valence-electron chi connectivity index (χ1n) is 10.2. The first-order chi connectivity index (χ1) is 15.6. The largest absolute Gasteiger partial charge is 0.486 e. The molecule has 11 heteroatoms. The smallest absolute Gasteiger partial charge is 0.416 e. The Bertz CT molecular complexity index is 1170. The number of ether oxygens (including phenoxy) is 2. The van der Waals surface area contributed by atoms with Crippen LogP contribution in [0, 0.1) is 0 Å². The van der Waals surface area contributed by atoms with Crippen LogP contribution in [0.2, 0.25) is 0 Å². The zero-order valence-electron chi connectivity index (χ0n) is 17.4. The number of rotatable bonds is 4. The summed E-state index contributed by atoms with van der Waals surface area (Å²) in [6, 6.07) is 9.10. The molecule has 1 fully saturated rings. The van der Waals surface area contributed by atoms with Crippen molar-refractivity contribution in [1.82, 2.24) is 9.21 Å². The highest BCUT2D eigenvalue weighted by Crippen LogP contribution is 2.33. The van der Waals surface area contributed by atoms with Crippen LogP contribution in [-0.4, -0.2) is 62.9 Å². The lowest BCUT2D eigenvalue weighted by Gasteiger charge is -2.33. The average molecular weight is 482 g/mol. The van der Waals surface area contributed by atoms with Crippen LogP contribution in [0.4, 0.5) is 13.2 Å². The molecule has 0 bridgehead atoms. The summed E-state index contributed by atoms with van der Waals surface area (Å²) in [5, 5.41) is 0. The summed E-state index contributed by atoms with van der Waals surface area (Å²) in [6.07, 6.45) is -1.96. The summed E-state index contributed by atoms with van der Waals surface area (Å²) < 4.78 is 76.6. The van der Waals surface area contributed by atoms with Gasteiger partial charge in [-0.3, -0.25) is 4.79 Å². The highest BCUT2D eigenvalue weighted by atomic mass is 32.2. The van der Waals surface area contributed by atoms with E-state index in [9.17, 15) is 26.4 Å². The van der Waals surface area contributed by atoms with Gasteiger partial charge in [0.15, 0.2) is 11.5 Å². The number of halogens is 3. The minimum Gasteiger partial charge on any atom is -0.486 e. The summed E-state index contributed by atoms with van der Waals surface area (Å²) in [4.78, 5) is 14.0. The molecule has 0 aromatic heterocycles. The molecule has 176 valence electrons. The van der Waals surface area contributed by atoms with Crippen molar-refractivity contribution in [3.63, 3.8) is 0 Å². The van der Waals surface area contributed by atoms with Gasteiger partial charge in [0.2, 0.25) is 15.9 Å². The molecular formula is C22H21F3N2O5S. The van der Waals surface area contributed by atoms with Crippen LogP contribution >= 0.6 is 0 Å². The fourth-order valence-corrected chi connectivity index (χ4v) is 5.01. The number of amides is 1. The molecular weight excluding hydrogens is 461 g/mol. The maximum Gasteiger partial charge on any atom is 0.416 e. The van der Waals surface area contributed by atoms with Gasteiger partial charge >= 0.3 is 6.18 Å². The molecule has 0 unspecified atom stereocenters. The Kier molecular flexibility index (Phi) is 6.35. The number of piperazine rings is 1. The Hall–Kier alpha value is -3.05. The molecule has 2 aliphatic rings. The number of alkyl halides is 3. The number of hydrogen-bond acceptors (Lipinski definition) is 5. The number of hydrogen-bond donors (Lipinski definition) is 0. The number of nitrogens with zero attached hydrogens (tertiary/aromatic N) is 2. The van der Waals surface area contributed by atoms with Crippen molar-refractivity contribution in [2.75, 3.05) is 39.4 Å². The lowest BCUT2D eigenvalue weighted by atomic mass is 10.1. The predicted octanol–water partition coefficient (Wildman–Crippen LogP) is 3.02. The van der Waals surface area contributed by atoms with Crippen LogP contribution in [0.15, 0.2) is 53.4 Å². The fourth-order valence-electron chi connectivity index (χ4n) is 3.57. The van der Waals surface area contributed by atoms with E-state index in [1.54, 1.807) is 6.07 Å². The van der Waals surface area contributed by atoms with Gasteiger partial charge in [0.1, 0.15) is 13.2 Å². The fraction of sp³-hybridized carbons (Fsp3) is 0.318. The highest BCUT2D eigenvalue weighted by Gasteiger charge is 2.31. The number of carbonyl (C=O) groups is 1. The van der Waals surface area contributed by atoms with Crippen molar-refractivity contribution < 1.29 is 35.9 Å². The van der Waals surface area contributed by atoms with Crippen molar-refractivity contribution in [1.29, 1.82) is 0 Å². The van der Waals surface area contributed by atoms with Crippen LogP contribution in [0.25, 0.3) is 6.08 Å². The lowest BCUT2D eigenvalue weighted by molar-refractivity contribution is -0.137. The Morgan fingerprint density at radius 1 is 0.939 bits per heavy atom. The van der Waals surface area contributed by atoms with Crippen LogP contribution in [0.1, 0.15) is 11.1 Å². The first kappa shape index (κ1) is 23.1. The molecule has 0 atom stereocenters. The SMILES string of the molecule is O=C(C=Cc1cccc(C(F)(F)F)c1)N1CCN(S(=O)(=O)c2ccc3c(c2)OCCO3)CC1. The lowest BCUT2D eigenvalue weighted by Crippen LogP contribution is -2.50. The molecule has 4 rings (SSSR count). The maximum atomic E-state index is 13.0. The number of carbonyl (C=O) groups excluding carboxylic acids is 1. The number of benzene rings is 2. The van der Waals surface area contributed by atoms with Gasteiger partial charge in [-0.15, -0.1) is 0 Å². The van der Waals surface area contributed by atoms with Gasteiger partial charge in [-0.25, -0.2) is 8.42 Å². The molecule has 7 nitrogen and oxygen atoms in total. The van der Waals surface area contributed by atoms with Crippen molar-refractivity contribution in [2.45, 2.75) is 11.1 Å². The van der Waals surface area contributed by atoms with E-state index in [-0.39, 0.29) is 36.6 Å². The molecule has 0 N–H and O–H groups in total. The van der Waals surface area contributed by atoms with Crippen LogP contribution in [0.3, 0.4) is 0 Å². The number of fused-ring (bicyclic) bond motifs is 1. The minimum atomic E-state index is -4.47. The molecule has 1 amide bonds. The van der Waals surface area contributed by atoms with Crippen LogP contribution < -0.4 is 9.47 Å². The summed E-state index contributed by atoms with van der Waals surface area (Å²) >= 11 is 0. The molecule has 0 aliphatic carbocycles. The van der Waals surface area contributed by atoms with Crippen LogP contribution in [0.5, 0.6) is 11.5 Å². The molecule has 2 aromatic rings. The summed E-state index contributed by atoms with van der Waals surface area (Å²) in [6.45, 7) is 1.26. The highest BCUT2D eigenvalue weighted by molar-refractivity contribution is 7.89. The van der Waals surface area contributed by atoms with E-state index in [2.05, 4.69) is 0 Å². The topological polar surface area (TPSA) is 76.2 Å². The standard InChI is InChI=1S/C22H21F3N2O5S/c23-22(24,25)17-3-1-2-16(14-17)4-7-21(28)26-8-10-27(11-9-26)33(29,30)18-5-6-19-20(15-18)32-13-12-31-19/h1-7,14-15H,8-13H2. The van der Waals surface area contributed by atoms with E-state index in [1.165, 1.54) is 45.6 Å². The predicted molar refractivity (Wildman–Crippen MR) is 113 cm³/mol. The second-order valence-corrected chi connectivity index (χ2v) is 9.43. The average Bonchev–Trinajstić information content (AvgIpc) is 2.82. The van der Waals surface area contributed by atoms with Crippen LogP contribution in [-0.2, 0) is 21.0 Å². The molecule has 1 saturated heterocycles. The third-order valence-corrected chi connectivity index (χ3v) is 7.23. The van der Waals surface area contributed by atoms with E-state index < -0.39 is 27.7 Å². The van der Waals surface area contributed by atoms with Crippen molar-refractivity contribution >= 4 is 22.0 Å². The number of sulfonamides is 1. The quantitative estimate of drug-likeness (QED) is 0.627. The van der Waals surface area contributed by atoms with E-state index >= 15 is 0 Å². The van der Waals surface area contributed by atoms with Crippen molar-refractivity contribution in [3.05, 3.63) is 59.7 Å². The van der Waals surface area contributed by atoms with Gasteiger partial charge in [-0.05, 0) is 35.9 Å². The first-order valence-corrected chi connectivity index (χ1v) is 11.6. The summed E-state index contributed by atoms with van der Waals surface area (Å²) in [7, 11) is -3.78. The Balaban J connectivity index is 1.38. The Morgan fingerprint density at radius 2 is 1.64 bits per heavy atom. The van der Waals surface area contributed by atoms with Gasteiger partial charge in [0, 0.05) is 38.3 Å². The van der Waals surface area contributed by atoms with Gasteiger partial charge in [-0.2, -0.15) is 17.5 Å². The van der Waals surface area contributed by atoms with E-state index in [4.69, 9.17) is 9.47 Å². The maximum absolute atomic E-state index is 13.0. The molecule has 2 heterocycles. The summed E-state index contributed by atoms with van der Waals surface area (Å²) in [5.41, 5.74) is -0.548. The van der Waals surface area contributed by atoms with E-state index in [0.717, 1.165) is 12.1 Å².